The fraction of sp³-hybridized carbons (Fsp3) is 0.600. The van der Waals surface area contributed by atoms with Gasteiger partial charge in [-0.25, -0.2) is 0 Å². The Balaban J connectivity index is 2.49. The normalized spacial score (nSPS) is 20.9. The minimum atomic E-state index is 0.572. The number of nitrogens with one attached hydrogen (secondary N) is 1. The van der Waals surface area contributed by atoms with Crippen molar-refractivity contribution in [2.45, 2.75) is 19.8 Å². The Morgan fingerprint density at radius 2 is 2.08 bits per heavy atom. The number of piperidine rings is 1. The second-order valence-corrected chi connectivity index (χ2v) is 3.51. The predicted molar refractivity (Wildman–Crippen MR) is 52.7 cm³/mol. The Bertz CT molecular complexity index is 188. The lowest BCUT2D eigenvalue weighted by Gasteiger charge is -2.22. The monoisotopic (exact) mass is 166 g/mol. The molecule has 0 aromatic carbocycles. The predicted octanol–water partition coefficient (Wildman–Crippen LogP) is 1.40. The molecule has 1 rings (SSSR count). The van der Waals surface area contributed by atoms with E-state index in [9.17, 15) is 0 Å². The zero-order valence-electron chi connectivity index (χ0n) is 7.77. The lowest BCUT2D eigenvalue weighted by molar-refractivity contribution is 0.417. The first-order valence-corrected chi connectivity index (χ1v) is 4.53. The molecule has 0 atom stereocenters. The lowest BCUT2D eigenvalue weighted by atomic mass is 9.94. The van der Waals surface area contributed by atoms with E-state index in [0.717, 1.165) is 37.2 Å². The molecule has 3 N–H and O–H groups in total. The van der Waals surface area contributed by atoms with Crippen LogP contribution in [0.3, 0.4) is 0 Å². The Kier molecular flexibility index (Phi) is 3.35. The summed E-state index contributed by atoms with van der Waals surface area (Å²) in [5.74, 6) is 0.572. The summed E-state index contributed by atoms with van der Waals surface area (Å²) in [6.45, 7) is 7.98. The molecule has 0 aliphatic carbocycles. The van der Waals surface area contributed by atoms with Crippen LogP contribution < -0.4 is 11.1 Å². The highest BCUT2D eigenvalue weighted by Gasteiger charge is 2.14. The van der Waals surface area contributed by atoms with Gasteiger partial charge in [-0.15, -0.1) is 0 Å². The maximum absolute atomic E-state index is 5.92. The van der Waals surface area contributed by atoms with E-state index in [1.165, 1.54) is 0 Å². The van der Waals surface area contributed by atoms with Crippen LogP contribution in [0.25, 0.3) is 0 Å². The summed E-state index contributed by atoms with van der Waals surface area (Å²) >= 11 is 0. The first-order valence-electron chi connectivity index (χ1n) is 4.53. The van der Waals surface area contributed by atoms with Gasteiger partial charge in [0.15, 0.2) is 0 Å². The molecule has 0 aromatic rings. The van der Waals surface area contributed by atoms with Gasteiger partial charge >= 0.3 is 0 Å². The van der Waals surface area contributed by atoms with Gasteiger partial charge in [-0.05, 0) is 38.9 Å². The van der Waals surface area contributed by atoms with E-state index in [0.29, 0.717) is 5.92 Å². The van der Waals surface area contributed by atoms with Crippen LogP contribution in [0, 0.1) is 5.92 Å². The summed E-state index contributed by atoms with van der Waals surface area (Å²) in [5.41, 5.74) is 7.97. The van der Waals surface area contributed by atoms with Crippen molar-refractivity contribution >= 4 is 0 Å². The maximum Gasteiger partial charge on any atom is 0.0115 e. The average molecular weight is 166 g/mol. The Hall–Kier alpha value is -0.760. The van der Waals surface area contributed by atoms with Crippen LogP contribution in [-0.2, 0) is 0 Å². The SMILES string of the molecule is C=C(C)/C=C(\N)C1CCNCC1. The third-order valence-electron chi connectivity index (χ3n) is 2.22. The zero-order valence-corrected chi connectivity index (χ0v) is 7.77. The van der Waals surface area contributed by atoms with Crippen LogP contribution in [0.15, 0.2) is 23.9 Å². The maximum atomic E-state index is 5.92. The highest BCUT2D eigenvalue weighted by atomic mass is 14.9. The minimum absolute atomic E-state index is 0.572. The van der Waals surface area contributed by atoms with E-state index in [2.05, 4.69) is 11.9 Å². The van der Waals surface area contributed by atoms with Gasteiger partial charge in [-0.1, -0.05) is 12.2 Å². The van der Waals surface area contributed by atoms with Crippen molar-refractivity contribution < 1.29 is 0 Å². The summed E-state index contributed by atoms with van der Waals surface area (Å²) in [6.07, 6.45) is 4.32. The second kappa shape index (κ2) is 4.31. The Morgan fingerprint density at radius 3 is 2.58 bits per heavy atom. The molecule has 0 radical (unpaired) electrons. The molecule has 0 bridgehead atoms. The molecule has 1 saturated heterocycles. The first-order chi connectivity index (χ1) is 5.70. The van der Waals surface area contributed by atoms with E-state index in [1.807, 2.05) is 13.0 Å². The number of allylic oxidation sites excluding steroid dienone is 3. The third-order valence-corrected chi connectivity index (χ3v) is 2.22. The molecule has 1 heterocycles. The number of nitrogens with two attached hydrogens (primary N) is 1. The summed E-state index contributed by atoms with van der Waals surface area (Å²) < 4.78 is 0. The average Bonchev–Trinajstić information content (AvgIpc) is 2.05. The van der Waals surface area contributed by atoms with Crippen molar-refractivity contribution in [3.05, 3.63) is 23.9 Å². The molecule has 0 spiro atoms. The molecule has 1 fully saturated rings. The largest absolute Gasteiger partial charge is 0.402 e. The van der Waals surface area contributed by atoms with Crippen LogP contribution in [0.5, 0.6) is 0 Å². The lowest BCUT2D eigenvalue weighted by Crippen LogP contribution is -2.30. The van der Waals surface area contributed by atoms with Crippen LogP contribution in [0.4, 0.5) is 0 Å². The van der Waals surface area contributed by atoms with E-state index in [1.54, 1.807) is 0 Å². The smallest absolute Gasteiger partial charge is 0.0115 e. The van der Waals surface area contributed by atoms with Crippen LogP contribution in [0.1, 0.15) is 19.8 Å². The molecule has 12 heavy (non-hydrogen) atoms. The fourth-order valence-electron chi connectivity index (χ4n) is 1.56. The zero-order chi connectivity index (χ0) is 8.97. The van der Waals surface area contributed by atoms with Gasteiger partial charge in [0, 0.05) is 11.6 Å². The summed E-state index contributed by atoms with van der Waals surface area (Å²) in [7, 11) is 0. The van der Waals surface area contributed by atoms with Gasteiger partial charge in [-0.3, -0.25) is 0 Å². The Labute approximate surface area is 74.5 Å². The van der Waals surface area contributed by atoms with Gasteiger partial charge in [0.2, 0.25) is 0 Å². The molecule has 0 saturated carbocycles. The summed E-state index contributed by atoms with van der Waals surface area (Å²) in [5, 5.41) is 3.32. The van der Waals surface area contributed by atoms with Crippen molar-refractivity contribution in [3.8, 4) is 0 Å². The molecule has 0 aromatic heterocycles. The molecule has 68 valence electrons. The molecule has 1 aliphatic heterocycles. The van der Waals surface area contributed by atoms with Gasteiger partial charge in [0.25, 0.3) is 0 Å². The van der Waals surface area contributed by atoms with E-state index in [4.69, 9.17) is 5.73 Å². The van der Waals surface area contributed by atoms with Crippen LogP contribution in [0.2, 0.25) is 0 Å². The molecular weight excluding hydrogens is 148 g/mol. The van der Waals surface area contributed by atoms with Crippen LogP contribution >= 0.6 is 0 Å². The minimum Gasteiger partial charge on any atom is -0.402 e. The van der Waals surface area contributed by atoms with Crippen molar-refractivity contribution in [2.24, 2.45) is 11.7 Å². The van der Waals surface area contributed by atoms with Crippen molar-refractivity contribution in [2.75, 3.05) is 13.1 Å². The Morgan fingerprint density at radius 1 is 1.50 bits per heavy atom. The second-order valence-electron chi connectivity index (χ2n) is 3.51. The molecule has 0 unspecified atom stereocenters. The van der Waals surface area contributed by atoms with Gasteiger partial charge in [0.1, 0.15) is 0 Å². The topological polar surface area (TPSA) is 38.0 Å². The number of hydrogen-bond acceptors (Lipinski definition) is 2. The highest BCUT2D eigenvalue weighted by Crippen LogP contribution is 2.18. The molecule has 2 heteroatoms. The molecular formula is C10H18N2. The van der Waals surface area contributed by atoms with Gasteiger partial charge in [0.05, 0.1) is 0 Å². The van der Waals surface area contributed by atoms with Gasteiger partial charge < -0.3 is 11.1 Å². The highest BCUT2D eigenvalue weighted by molar-refractivity contribution is 5.18. The molecule has 1 aliphatic rings. The van der Waals surface area contributed by atoms with Crippen LogP contribution in [-0.4, -0.2) is 13.1 Å². The quantitative estimate of drug-likeness (QED) is 0.609. The van der Waals surface area contributed by atoms with E-state index < -0.39 is 0 Å². The van der Waals surface area contributed by atoms with Crippen molar-refractivity contribution in [1.82, 2.24) is 5.32 Å². The summed E-state index contributed by atoms with van der Waals surface area (Å²) in [4.78, 5) is 0. The first kappa shape index (κ1) is 9.33. The molecule has 2 nitrogen and oxygen atoms in total. The number of hydrogen-bond donors (Lipinski definition) is 2. The number of rotatable bonds is 2. The van der Waals surface area contributed by atoms with Crippen molar-refractivity contribution in [3.63, 3.8) is 0 Å². The molecule has 0 amide bonds. The third kappa shape index (κ3) is 2.70. The summed E-state index contributed by atoms with van der Waals surface area (Å²) in [6, 6.07) is 0. The standard InChI is InChI=1S/C10H18N2/c1-8(2)7-10(11)9-3-5-12-6-4-9/h7,9,12H,1,3-6,11H2,2H3/b10-7-. The van der Waals surface area contributed by atoms with E-state index in [-0.39, 0.29) is 0 Å². The van der Waals surface area contributed by atoms with Gasteiger partial charge in [-0.2, -0.15) is 0 Å². The van der Waals surface area contributed by atoms with E-state index >= 15 is 0 Å². The fourth-order valence-corrected chi connectivity index (χ4v) is 1.56. The van der Waals surface area contributed by atoms with Crippen molar-refractivity contribution in [1.29, 1.82) is 0 Å².